The van der Waals surface area contributed by atoms with Crippen LogP contribution in [0.4, 0.5) is 4.79 Å². The van der Waals surface area contributed by atoms with Gasteiger partial charge < -0.3 is 9.72 Å². The molecule has 2 aromatic carbocycles. The number of rotatable bonds is 3. The van der Waals surface area contributed by atoms with E-state index < -0.39 is 18.1 Å². The summed E-state index contributed by atoms with van der Waals surface area (Å²) in [5.41, 5.74) is 4.33. The van der Waals surface area contributed by atoms with Crippen LogP contribution >= 0.6 is 0 Å². The van der Waals surface area contributed by atoms with Crippen molar-refractivity contribution in [1.29, 1.82) is 0 Å². The summed E-state index contributed by atoms with van der Waals surface area (Å²) in [5.74, 6) is -0.487. The van der Waals surface area contributed by atoms with Crippen LogP contribution in [-0.4, -0.2) is 51.9 Å². The molecule has 2 aliphatic heterocycles. The van der Waals surface area contributed by atoms with Gasteiger partial charge in [0.05, 0.1) is 12.7 Å². The Morgan fingerprint density at radius 3 is 2.47 bits per heavy atom. The number of H-pyrrole nitrogens is 1. The molecule has 3 aromatic rings. The third-order valence-electron chi connectivity index (χ3n) is 7.67. The zero-order chi connectivity index (χ0) is 23.4. The van der Waals surface area contributed by atoms with Crippen LogP contribution in [0.5, 0.6) is 0 Å². The summed E-state index contributed by atoms with van der Waals surface area (Å²) in [6.07, 6.45) is 5.52. The summed E-state index contributed by atoms with van der Waals surface area (Å²) in [5, 5.41) is 1.09. The molecular weight excluding hydrogens is 430 g/mol. The first kappa shape index (κ1) is 21.0. The molecule has 1 aliphatic carbocycles. The highest BCUT2D eigenvalue weighted by atomic mass is 16.5. The molecule has 7 heteroatoms. The minimum absolute atomic E-state index is 0.0169. The van der Waals surface area contributed by atoms with E-state index in [2.05, 4.69) is 11.1 Å². The number of para-hydroxylation sites is 1. The standard InChI is InChI=1S/C27H27N3O4/c1-34-26(32)17-13-11-16(12-14-17)24-23-20(19-9-5-6-10-21(19)28-23)15-22-25(31)29(27(33)30(22)24)18-7-3-2-4-8-18/h5-6,9-14,18,22,24,28H,2-4,7-8,15H2,1H3/t22-,24?/m1/s1. The first-order valence-corrected chi connectivity index (χ1v) is 12.0. The van der Waals surface area contributed by atoms with Crippen molar-refractivity contribution in [1.82, 2.24) is 14.8 Å². The van der Waals surface area contributed by atoms with Gasteiger partial charge in [-0.3, -0.25) is 14.6 Å². The van der Waals surface area contributed by atoms with Gasteiger partial charge >= 0.3 is 12.0 Å². The lowest BCUT2D eigenvalue weighted by molar-refractivity contribution is -0.130. The Bertz CT molecular complexity index is 1290. The number of fused-ring (bicyclic) bond motifs is 4. The Morgan fingerprint density at radius 2 is 1.74 bits per heavy atom. The number of nitrogens with zero attached hydrogens (tertiary/aromatic N) is 2. The molecule has 0 bridgehead atoms. The van der Waals surface area contributed by atoms with Gasteiger partial charge in [-0.05, 0) is 42.2 Å². The first-order valence-electron chi connectivity index (χ1n) is 12.0. The van der Waals surface area contributed by atoms with Gasteiger partial charge in [-0.15, -0.1) is 0 Å². The van der Waals surface area contributed by atoms with Crippen LogP contribution in [0.15, 0.2) is 48.5 Å². The molecule has 2 atom stereocenters. The van der Waals surface area contributed by atoms with Crippen molar-refractivity contribution in [2.24, 2.45) is 0 Å². The van der Waals surface area contributed by atoms with Crippen LogP contribution in [0.25, 0.3) is 10.9 Å². The third kappa shape index (κ3) is 3.06. The van der Waals surface area contributed by atoms with E-state index in [0.29, 0.717) is 12.0 Å². The molecule has 1 N–H and O–H groups in total. The minimum Gasteiger partial charge on any atom is -0.465 e. The van der Waals surface area contributed by atoms with Gasteiger partial charge in [0.15, 0.2) is 0 Å². The molecule has 0 radical (unpaired) electrons. The molecule has 174 valence electrons. The van der Waals surface area contributed by atoms with Crippen LogP contribution in [-0.2, 0) is 16.0 Å². The first-order chi connectivity index (χ1) is 16.6. The number of carbonyl (C=O) groups excluding carboxylic acids is 3. The fourth-order valence-corrected chi connectivity index (χ4v) is 6.04. The number of urea groups is 1. The van der Waals surface area contributed by atoms with Crippen LogP contribution in [0.1, 0.15) is 65.3 Å². The fourth-order valence-electron chi connectivity index (χ4n) is 6.04. The predicted molar refractivity (Wildman–Crippen MR) is 126 cm³/mol. The molecule has 6 rings (SSSR count). The van der Waals surface area contributed by atoms with Crippen LogP contribution in [0, 0.1) is 0 Å². The van der Waals surface area contributed by atoms with Crippen molar-refractivity contribution in [3.05, 3.63) is 70.9 Å². The van der Waals surface area contributed by atoms with E-state index in [-0.39, 0.29) is 18.0 Å². The number of amides is 3. The highest BCUT2D eigenvalue weighted by Gasteiger charge is 2.54. The summed E-state index contributed by atoms with van der Waals surface area (Å²) >= 11 is 0. The number of nitrogens with one attached hydrogen (secondary N) is 1. The molecule has 3 heterocycles. The van der Waals surface area contributed by atoms with E-state index in [9.17, 15) is 14.4 Å². The minimum atomic E-state index is -0.522. The largest absolute Gasteiger partial charge is 0.465 e. The van der Waals surface area contributed by atoms with Gasteiger partial charge in [0, 0.05) is 29.1 Å². The molecule has 34 heavy (non-hydrogen) atoms. The highest BCUT2D eigenvalue weighted by molar-refractivity contribution is 6.06. The molecule has 1 unspecified atom stereocenters. The quantitative estimate of drug-likeness (QED) is 0.462. The number of methoxy groups -OCH3 is 1. The number of esters is 1. The molecule has 1 saturated carbocycles. The zero-order valence-corrected chi connectivity index (χ0v) is 19.1. The second-order valence-electron chi connectivity index (χ2n) is 9.49. The average molecular weight is 458 g/mol. The summed E-state index contributed by atoms with van der Waals surface area (Å²) in [6, 6.07) is 14.0. The Labute approximate surface area is 197 Å². The normalized spacial score (nSPS) is 22.7. The van der Waals surface area contributed by atoms with Crippen LogP contribution in [0.2, 0.25) is 0 Å². The van der Waals surface area contributed by atoms with Gasteiger partial charge in [0.25, 0.3) is 5.91 Å². The maximum atomic E-state index is 13.8. The maximum Gasteiger partial charge on any atom is 0.337 e. The van der Waals surface area contributed by atoms with Gasteiger partial charge in [-0.1, -0.05) is 49.6 Å². The van der Waals surface area contributed by atoms with Crippen molar-refractivity contribution < 1.29 is 19.1 Å². The second-order valence-corrected chi connectivity index (χ2v) is 9.49. The van der Waals surface area contributed by atoms with E-state index in [1.54, 1.807) is 21.9 Å². The van der Waals surface area contributed by atoms with Gasteiger partial charge in [0.2, 0.25) is 0 Å². The number of ether oxygens (including phenoxy) is 1. The third-order valence-corrected chi connectivity index (χ3v) is 7.67. The number of aromatic amines is 1. The van der Waals surface area contributed by atoms with E-state index in [1.165, 1.54) is 7.11 Å². The summed E-state index contributed by atoms with van der Waals surface area (Å²) < 4.78 is 4.84. The van der Waals surface area contributed by atoms with Gasteiger partial charge in [-0.2, -0.15) is 0 Å². The van der Waals surface area contributed by atoms with Gasteiger partial charge in [-0.25, -0.2) is 9.59 Å². The Morgan fingerprint density at radius 1 is 1.00 bits per heavy atom. The molecule has 3 aliphatic rings. The van der Waals surface area contributed by atoms with Crippen molar-refractivity contribution in [3.8, 4) is 0 Å². The van der Waals surface area contributed by atoms with E-state index in [4.69, 9.17) is 4.74 Å². The summed E-state index contributed by atoms with van der Waals surface area (Å²) in [7, 11) is 1.35. The molecule has 0 spiro atoms. The van der Waals surface area contributed by atoms with Crippen molar-refractivity contribution in [2.45, 2.75) is 56.7 Å². The van der Waals surface area contributed by atoms with E-state index in [0.717, 1.165) is 59.8 Å². The lowest BCUT2D eigenvalue weighted by Gasteiger charge is -2.36. The lowest BCUT2D eigenvalue weighted by Crippen LogP contribution is -2.44. The lowest BCUT2D eigenvalue weighted by atomic mass is 9.88. The SMILES string of the molecule is COC(=O)c1ccc(C2c3[nH]c4ccccc4c3C[C@@H]3C(=O)N(C4CCCCC4)C(=O)N23)cc1. The Balaban J connectivity index is 1.48. The molecule has 1 saturated heterocycles. The Hall–Kier alpha value is -3.61. The molecule has 1 aromatic heterocycles. The number of aromatic nitrogens is 1. The van der Waals surface area contributed by atoms with E-state index >= 15 is 0 Å². The summed E-state index contributed by atoms with van der Waals surface area (Å²) in [4.78, 5) is 46.3. The number of benzene rings is 2. The van der Waals surface area contributed by atoms with Crippen LogP contribution in [0.3, 0.4) is 0 Å². The number of carbonyl (C=O) groups is 3. The smallest absolute Gasteiger partial charge is 0.337 e. The summed E-state index contributed by atoms with van der Waals surface area (Å²) in [6.45, 7) is 0. The molecule has 7 nitrogen and oxygen atoms in total. The average Bonchev–Trinajstić information content (AvgIpc) is 3.37. The van der Waals surface area contributed by atoms with Crippen molar-refractivity contribution in [2.75, 3.05) is 7.11 Å². The monoisotopic (exact) mass is 457 g/mol. The highest BCUT2D eigenvalue weighted by Crippen LogP contribution is 2.45. The predicted octanol–water partition coefficient (Wildman–Crippen LogP) is 4.57. The topological polar surface area (TPSA) is 82.7 Å². The van der Waals surface area contributed by atoms with E-state index in [1.807, 2.05) is 30.3 Å². The number of hydrogen-bond acceptors (Lipinski definition) is 4. The van der Waals surface area contributed by atoms with Crippen LogP contribution < -0.4 is 0 Å². The van der Waals surface area contributed by atoms with Crippen molar-refractivity contribution >= 4 is 28.8 Å². The Kier molecular flexibility index (Phi) is 4.94. The molecular formula is C27H27N3O4. The number of imide groups is 1. The molecule has 2 fully saturated rings. The maximum absolute atomic E-state index is 13.8. The second kappa shape index (κ2) is 8.01. The molecule has 3 amide bonds. The zero-order valence-electron chi connectivity index (χ0n) is 19.1. The van der Waals surface area contributed by atoms with Crippen molar-refractivity contribution in [3.63, 3.8) is 0 Å². The fraction of sp³-hybridized carbons (Fsp3) is 0.370. The number of hydrogen-bond donors (Lipinski definition) is 1. The van der Waals surface area contributed by atoms with Gasteiger partial charge in [0.1, 0.15) is 12.1 Å².